The van der Waals surface area contributed by atoms with Gasteiger partial charge in [0.25, 0.3) is 0 Å². The van der Waals surface area contributed by atoms with Crippen molar-refractivity contribution in [2.24, 2.45) is 5.92 Å². The molecular formula is C10H16O4. The summed E-state index contributed by atoms with van der Waals surface area (Å²) >= 11 is 0. The van der Waals surface area contributed by atoms with Crippen molar-refractivity contribution in [1.29, 1.82) is 0 Å². The second-order valence-corrected chi connectivity index (χ2v) is 3.64. The van der Waals surface area contributed by atoms with Crippen LogP contribution in [-0.2, 0) is 19.1 Å². The predicted molar refractivity (Wildman–Crippen MR) is 49.5 cm³/mol. The average Bonchev–Trinajstić information content (AvgIpc) is 2.47. The normalized spacial score (nSPS) is 25.9. The quantitative estimate of drug-likeness (QED) is 0.644. The summed E-state index contributed by atoms with van der Waals surface area (Å²) < 4.78 is 10.0. The first kappa shape index (κ1) is 11.0. The van der Waals surface area contributed by atoms with Crippen LogP contribution in [0, 0.1) is 5.92 Å². The Kier molecular flexibility index (Phi) is 3.92. The third-order valence-corrected chi connectivity index (χ3v) is 2.41. The van der Waals surface area contributed by atoms with Gasteiger partial charge >= 0.3 is 11.9 Å². The minimum atomic E-state index is -0.279. The highest BCUT2D eigenvalue weighted by Gasteiger charge is 2.30. The molecule has 1 rings (SSSR count). The van der Waals surface area contributed by atoms with E-state index in [0.29, 0.717) is 6.61 Å². The van der Waals surface area contributed by atoms with E-state index in [-0.39, 0.29) is 24.0 Å². The number of hydrogen-bond acceptors (Lipinski definition) is 4. The molecule has 4 heteroatoms. The fourth-order valence-corrected chi connectivity index (χ4v) is 1.79. The van der Waals surface area contributed by atoms with Gasteiger partial charge in [-0.25, -0.2) is 0 Å². The third-order valence-electron chi connectivity index (χ3n) is 2.41. The molecule has 0 bridgehead atoms. The van der Waals surface area contributed by atoms with Gasteiger partial charge in [0, 0.05) is 19.8 Å². The van der Waals surface area contributed by atoms with E-state index in [1.807, 2.05) is 0 Å². The van der Waals surface area contributed by atoms with Crippen molar-refractivity contribution in [3.63, 3.8) is 0 Å². The number of carbonyl (C=O) groups excluding carboxylic acids is 2. The lowest BCUT2D eigenvalue weighted by Gasteiger charge is -2.18. The van der Waals surface area contributed by atoms with Crippen molar-refractivity contribution in [2.75, 3.05) is 6.61 Å². The zero-order chi connectivity index (χ0) is 10.6. The van der Waals surface area contributed by atoms with Crippen molar-refractivity contribution in [1.82, 2.24) is 0 Å². The lowest BCUT2D eigenvalue weighted by atomic mass is 10.1. The van der Waals surface area contributed by atoms with Gasteiger partial charge in [0.15, 0.2) is 0 Å². The Bertz CT molecular complexity index is 224. The molecule has 1 saturated carbocycles. The van der Waals surface area contributed by atoms with Crippen LogP contribution in [0.5, 0.6) is 0 Å². The third kappa shape index (κ3) is 3.36. The topological polar surface area (TPSA) is 52.6 Å². The van der Waals surface area contributed by atoms with Crippen molar-refractivity contribution in [3.05, 3.63) is 0 Å². The van der Waals surface area contributed by atoms with Gasteiger partial charge in [0.05, 0.1) is 6.61 Å². The van der Waals surface area contributed by atoms with Crippen LogP contribution in [0.1, 0.15) is 33.1 Å². The van der Waals surface area contributed by atoms with Crippen molar-refractivity contribution < 1.29 is 19.1 Å². The molecule has 0 saturated heterocycles. The Balaban J connectivity index is 2.35. The molecule has 0 aliphatic heterocycles. The van der Waals surface area contributed by atoms with Crippen LogP contribution in [0.15, 0.2) is 0 Å². The lowest BCUT2D eigenvalue weighted by molar-refractivity contribution is -0.151. The van der Waals surface area contributed by atoms with Crippen LogP contribution in [-0.4, -0.2) is 24.6 Å². The molecule has 0 aromatic heterocycles. The first-order valence-electron chi connectivity index (χ1n) is 4.90. The Morgan fingerprint density at radius 1 is 1.21 bits per heavy atom. The molecule has 0 aromatic rings. The molecule has 4 nitrogen and oxygen atoms in total. The second-order valence-electron chi connectivity index (χ2n) is 3.64. The molecule has 0 N–H and O–H groups in total. The van der Waals surface area contributed by atoms with E-state index in [1.165, 1.54) is 13.8 Å². The molecule has 1 aliphatic rings. The molecule has 1 fully saturated rings. The van der Waals surface area contributed by atoms with Crippen LogP contribution in [0.4, 0.5) is 0 Å². The monoisotopic (exact) mass is 200 g/mol. The van der Waals surface area contributed by atoms with Crippen molar-refractivity contribution >= 4 is 11.9 Å². The summed E-state index contributed by atoms with van der Waals surface area (Å²) in [7, 11) is 0. The zero-order valence-corrected chi connectivity index (χ0v) is 8.62. The van der Waals surface area contributed by atoms with Gasteiger partial charge in [-0.3, -0.25) is 9.59 Å². The highest BCUT2D eigenvalue weighted by molar-refractivity contribution is 5.66. The number of esters is 2. The first-order chi connectivity index (χ1) is 6.59. The van der Waals surface area contributed by atoms with Crippen LogP contribution in [0.2, 0.25) is 0 Å². The van der Waals surface area contributed by atoms with E-state index < -0.39 is 0 Å². The Labute approximate surface area is 83.6 Å². The summed E-state index contributed by atoms with van der Waals surface area (Å²) in [6.07, 6.45) is 2.81. The minimum absolute atomic E-state index is 0.0631. The number of ether oxygens (including phenoxy) is 2. The molecule has 2 atom stereocenters. The van der Waals surface area contributed by atoms with Crippen LogP contribution >= 0.6 is 0 Å². The van der Waals surface area contributed by atoms with Crippen LogP contribution < -0.4 is 0 Å². The van der Waals surface area contributed by atoms with E-state index in [0.717, 1.165) is 19.3 Å². The molecule has 0 aromatic carbocycles. The Morgan fingerprint density at radius 3 is 2.50 bits per heavy atom. The second kappa shape index (κ2) is 4.98. The predicted octanol–water partition coefficient (Wildman–Crippen LogP) is 1.28. The highest BCUT2D eigenvalue weighted by Crippen LogP contribution is 2.28. The molecule has 1 aliphatic carbocycles. The maximum Gasteiger partial charge on any atom is 0.302 e. The fourth-order valence-electron chi connectivity index (χ4n) is 1.79. The van der Waals surface area contributed by atoms with Gasteiger partial charge in [-0.1, -0.05) is 0 Å². The van der Waals surface area contributed by atoms with Gasteiger partial charge in [0.1, 0.15) is 6.10 Å². The smallest absolute Gasteiger partial charge is 0.302 e. The first-order valence-corrected chi connectivity index (χ1v) is 4.90. The summed E-state index contributed by atoms with van der Waals surface area (Å²) in [6, 6.07) is 0. The molecule has 80 valence electrons. The standard InChI is InChI=1S/C10H16O4/c1-7(11)13-6-9-4-3-5-10(9)14-8(2)12/h9-10H,3-6H2,1-2H3/t9-,10-/m0/s1. The summed E-state index contributed by atoms with van der Waals surface area (Å²) in [5, 5.41) is 0. The largest absolute Gasteiger partial charge is 0.465 e. The molecule has 0 spiro atoms. The molecule has 0 radical (unpaired) electrons. The summed E-state index contributed by atoms with van der Waals surface area (Å²) in [5.41, 5.74) is 0. The van der Waals surface area contributed by atoms with E-state index >= 15 is 0 Å². The molecule has 0 amide bonds. The van der Waals surface area contributed by atoms with Gasteiger partial charge in [-0.2, -0.15) is 0 Å². The summed E-state index contributed by atoms with van der Waals surface area (Å²) in [5.74, 6) is -0.356. The van der Waals surface area contributed by atoms with E-state index in [2.05, 4.69) is 0 Å². The number of rotatable bonds is 3. The van der Waals surface area contributed by atoms with Gasteiger partial charge in [0.2, 0.25) is 0 Å². The Morgan fingerprint density at radius 2 is 1.93 bits per heavy atom. The SMILES string of the molecule is CC(=O)OC[C@@H]1CCC[C@@H]1OC(C)=O. The fraction of sp³-hybridized carbons (Fsp3) is 0.800. The van der Waals surface area contributed by atoms with Crippen LogP contribution in [0.3, 0.4) is 0 Å². The van der Waals surface area contributed by atoms with Gasteiger partial charge in [-0.15, -0.1) is 0 Å². The van der Waals surface area contributed by atoms with E-state index in [1.54, 1.807) is 0 Å². The summed E-state index contributed by atoms with van der Waals surface area (Å²) in [6.45, 7) is 3.16. The van der Waals surface area contributed by atoms with Crippen molar-refractivity contribution in [2.45, 2.75) is 39.2 Å². The van der Waals surface area contributed by atoms with Crippen LogP contribution in [0.25, 0.3) is 0 Å². The van der Waals surface area contributed by atoms with Crippen molar-refractivity contribution in [3.8, 4) is 0 Å². The lowest BCUT2D eigenvalue weighted by Crippen LogP contribution is -2.25. The highest BCUT2D eigenvalue weighted by atomic mass is 16.6. The molecule has 14 heavy (non-hydrogen) atoms. The maximum atomic E-state index is 10.8. The maximum absolute atomic E-state index is 10.8. The summed E-state index contributed by atoms with van der Waals surface area (Å²) in [4.78, 5) is 21.4. The molecule has 0 unspecified atom stereocenters. The minimum Gasteiger partial charge on any atom is -0.465 e. The van der Waals surface area contributed by atoms with Gasteiger partial charge < -0.3 is 9.47 Å². The van der Waals surface area contributed by atoms with E-state index in [9.17, 15) is 9.59 Å². The van der Waals surface area contributed by atoms with Gasteiger partial charge in [-0.05, 0) is 19.3 Å². The molecular weight excluding hydrogens is 184 g/mol. The average molecular weight is 200 g/mol. The Hall–Kier alpha value is -1.06. The zero-order valence-electron chi connectivity index (χ0n) is 8.62. The number of hydrogen-bond donors (Lipinski definition) is 0. The number of carbonyl (C=O) groups is 2. The van der Waals surface area contributed by atoms with E-state index in [4.69, 9.17) is 9.47 Å². The molecule has 0 heterocycles.